The zero-order chi connectivity index (χ0) is 12.8. The molecule has 5 nitrogen and oxygen atoms in total. The van der Waals surface area contributed by atoms with Crippen LogP contribution in [-0.4, -0.2) is 43.1 Å². The van der Waals surface area contributed by atoms with Crippen molar-refractivity contribution in [1.82, 2.24) is 4.31 Å². The standard InChI is InChI=1S/C10H21NO4S/c1-9(2)6-7-11(3)16(14,15)8-4-5-10(12)13/h9H,4-8H2,1-3H3,(H,12,13). The molecule has 0 aliphatic rings. The third-order valence-electron chi connectivity index (χ3n) is 2.29. The maximum Gasteiger partial charge on any atom is 0.303 e. The average Bonchev–Trinajstić information content (AvgIpc) is 2.12. The second-order valence-corrected chi connectivity index (χ2v) is 6.51. The molecule has 0 aromatic heterocycles. The van der Waals surface area contributed by atoms with Crippen LogP contribution in [0.2, 0.25) is 0 Å². The molecule has 1 N–H and O–H groups in total. The highest BCUT2D eigenvalue weighted by molar-refractivity contribution is 7.89. The van der Waals surface area contributed by atoms with Crippen molar-refractivity contribution in [3.8, 4) is 0 Å². The Morgan fingerprint density at radius 3 is 2.38 bits per heavy atom. The molecule has 0 heterocycles. The molecule has 0 aromatic carbocycles. The fourth-order valence-corrected chi connectivity index (χ4v) is 2.35. The largest absolute Gasteiger partial charge is 0.481 e. The number of carboxylic acid groups (broad SMARTS) is 1. The maximum atomic E-state index is 11.7. The van der Waals surface area contributed by atoms with Gasteiger partial charge in [0.2, 0.25) is 10.0 Å². The lowest BCUT2D eigenvalue weighted by Gasteiger charge is -2.17. The van der Waals surface area contributed by atoms with Crippen LogP contribution < -0.4 is 0 Å². The van der Waals surface area contributed by atoms with Crippen LogP contribution in [0.3, 0.4) is 0 Å². The number of sulfonamides is 1. The van der Waals surface area contributed by atoms with Crippen LogP contribution in [0.5, 0.6) is 0 Å². The topological polar surface area (TPSA) is 74.7 Å². The molecule has 0 rings (SSSR count). The average molecular weight is 251 g/mol. The van der Waals surface area contributed by atoms with Crippen LogP contribution in [-0.2, 0) is 14.8 Å². The lowest BCUT2D eigenvalue weighted by Crippen LogP contribution is -2.31. The molecule has 0 aliphatic heterocycles. The Hall–Kier alpha value is -0.620. The number of nitrogens with zero attached hydrogens (tertiary/aromatic N) is 1. The van der Waals surface area contributed by atoms with Gasteiger partial charge in [-0.05, 0) is 18.8 Å². The molecule has 0 bridgehead atoms. The molecule has 0 aromatic rings. The van der Waals surface area contributed by atoms with Gasteiger partial charge in [-0.2, -0.15) is 0 Å². The molecule has 0 atom stereocenters. The summed E-state index contributed by atoms with van der Waals surface area (Å²) < 4.78 is 24.6. The summed E-state index contributed by atoms with van der Waals surface area (Å²) >= 11 is 0. The van der Waals surface area contributed by atoms with E-state index in [9.17, 15) is 13.2 Å². The van der Waals surface area contributed by atoms with Gasteiger partial charge in [0.15, 0.2) is 0 Å². The van der Waals surface area contributed by atoms with Gasteiger partial charge in [-0.15, -0.1) is 0 Å². The van der Waals surface area contributed by atoms with Crippen LogP contribution in [0.25, 0.3) is 0 Å². The molecule has 0 saturated carbocycles. The van der Waals surface area contributed by atoms with Crippen LogP contribution in [0.15, 0.2) is 0 Å². The van der Waals surface area contributed by atoms with Crippen molar-refractivity contribution >= 4 is 16.0 Å². The van der Waals surface area contributed by atoms with E-state index in [-0.39, 0.29) is 18.6 Å². The number of rotatable bonds is 8. The number of carboxylic acids is 1. The van der Waals surface area contributed by atoms with E-state index in [2.05, 4.69) is 0 Å². The van der Waals surface area contributed by atoms with Crippen LogP contribution in [0.4, 0.5) is 0 Å². The quantitative estimate of drug-likeness (QED) is 0.702. The molecule has 6 heteroatoms. The molecule has 0 spiro atoms. The minimum atomic E-state index is -3.28. The van der Waals surface area contributed by atoms with Gasteiger partial charge in [-0.25, -0.2) is 12.7 Å². The normalized spacial score (nSPS) is 12.3. The highest BCUT2D eigenvalue weighted by Gasteiger charge is 2.17. The summed E-state index contributed by atoms with van der Waals surface area (Å²) in [7, 11) is -1.74. The van der Waals surface area contributed by atoms with Gasteiger partial charge < -0.3 is 5.11 Å². The first-order valence-corrected chi connectivity index (χ1v) is 7.02. The van der Waals surface area contributed by atoms with Gasteiger partial charge in [-0.3, -0.25) is 4.79 Å². The van der Waals surface area contributed by atoms with E-state index >= 15 is 0 Å². The van der Waals surface area contributed by atoms with Crippen LogP contribution in [0.1, 0.15) is 33.1 Å². The van der Waals surface area contributed by atoms with Gasteiger partial charge in [-0.1, -0.05) is 13.8 Å². The SMILES string of the molecule is CC(C)CCN(C)S(=O)(=O)CCCC(=O)O. The van der Waals surface area contributed by atoms with Gasteiger partial charge in [0.25, 0.3) is 0 Å². The van der Waals surface area contributed by atoms with Crippen molar-refractivity contribution in [3.05, 3.63) is 0 Å². The van der Waals surface area contributed by atoms with Gasteiger partial charge >= 0.3 is 5.97 Å². The molecule has 0 radical (unpaired) electrons. The van der Waals surface area contributed by atoms with Gasteiger partial charge in [0, 0.05) is 20.0 Å². The predicted molar refractivity (Wildman–Crippen MR) is 62.7 cm³/mol. The summed E-state index contributed by atoms with van der Waals surface area (Å²) in [5.41, 5.74) is 0. The third kappa shape index (κ3) is 6.79. The molecule has 0 aliphatic carbocycles. The maximum absolute atomic E-state index is 11.7. The first kappa shape index (κ1) is 15.4. The molecular formula is C10H21NO4S. The summed E-state index contributed by atoms with van der Waals surface area (Å²) in [6, 6.07) is 0. The van der Waals surface area contributed by atoms with E-state index in [0.29, 0.717) is 12.5 Å². The second-order valence-electron chi connectivity index (χ2n) is 4.32. The first-order chi connectivity index (χ1) is 7.25. The van der Waals surface area contributed by atoms with Gasteiger partial charge in [0.05, 0.1) is 5.75 Å². The summed E-state index contributed by atoms with van der Waals surface area (Å²) in [6.07, 6.45) is 0.885. The van der Waals surface area contributed by atoms with Crippen molar-refractivity contribution < 1.29 is 18.3 Å². The molecule has 0 fully saturated rings. The van der Waals surface area contributed by atoms with E-state index in [1.165, 1.54) is 4.31 Å². The Kier molecular flexibility index (Phi) is 6.59. The molecule has 0 unspecified atom stereocenters. The molecule has 96 valence electrons. The van der Waals surface area contributed by atoms with E-state index in [1.54, 1.807) is 7.05 Å². The Bertz CT molecular complexity index is 311. The summed E-state index contributed by atoms with van der Waals surface area (Å²) in [5.74, 6) is -0.592. The Morgan fingerprint density at radius 1 is 1.38 bits per heavy atom. The molecule has 0 saturated heterocycles. The summed E-state index contributed by atoms with van der Waals surface area (Å²) in [5, 5.41) is 8.42. The fraction of sp³-hybridized carbons (Fsp3) is 0.900. The predicted octanol–water partition coefficient (Wildman–Crippen LogP) is 1.16. The first-order valence-electron chi connectivity index (χ1n) is 5.41. The van der Waals surface area contributed by atoms with Crippen molar-refractivity contribution in [2.45, 2.75) is 33.1 Å². The Labute approximate surface area is 97.5 Å². The van der Waals surface area contributed by atoms with Crippen molar-refractivity contribution in [2.75, 3.05) is 19.3 Å². The lowest BCUT2D eigenvalue weighted by atomic mass is 10.1. The smallest absolute Gasteiger partial charge is 0.303 e. The zero-order valence-corrected chi connectivity index (χ0v) is 11.0. The second kappa shape index (κ2) is 6.85. The Morgan fingerprint density at radius 2 is 1.94 bits per heavy atom. The minimum Gasteiger partial charge on any atom is -0.481 e. The highest BCUT2D eigenvalue weighted by atomic mass is 32.2. The van der Waals surface area contributed by atoms with Crippen LogP contribution >= 0.6 is 0 Å². The van der Waals surface area contributed by atoms with Gasteiger partial charge in [0.1, 0.15) is 0 Å². The minimum absolute atomic E-state index is 0.0894. The molecule has 0 amide bonds. The fourth-order valence-electron chi connectivity index (χ4n) is 1.14. The summed E-state index contributed by atoms with van der Waals surface area (Å²) in [6.45, 7) is 4.56. The van der Waals surface area contributed by atoms with Crippen molar-refractivity contribution in [2.24, 2.45) is 5.92 Å². The monoisotopic (exact) mass is 251 g/mol. The number of hydrogen-bond donors (Lipinski definition) is 1. The van der Waals surface area contributed by atoms with E-state index in [0.717, 1.165) is 6.42 Å². The Balaban J connectivity index is 4.06. The van der Waals surface area contributed by atoms with E-state index in [1.807, 2.05) is 13.8 Å². The number of aliphatic carboxylic acids is 1. The third-order valence-corrected chi connectivity index (χ3v) is 4.23. The van der Waals surface area contributed by atoms with Crippen molar-refractivity contribution in [3.63, 3.8) is 0 Å². The zero-order valence-electron chi connectivity index (χ0n) is 10.1. The van der Waals surface area contributed by atoms with Crippen molar-refractivity contribution in [1.29, 1.82) is 0 Å². The highest BCUT2D eigenvalue weighted by Crippen LogP contribution is 2.07. The lowest BCUT2D eigenvalue weighted by molar-refractivity contribution is -0.137. The van der Waals surface area contributed by atoms with E-state index in [4.69, 9.17) is 5.11 Å². The number of hydrogen-bond acceptors (Lipinski definition) is 3. The van der Waals surface area contributed by atoms with E-state index < -0.39 is 16.0 Å². The number of carbonyl (C=O) groups is 1. The van der Waals surface area contributed by atoms with Crippen LogP contribution in [0, 0.1) is 5.92 Å². The molecule has 16 heavy (non-hydrogen) atoms. The molecular weight excluding hydrogens is 230 g/mol. The summed E-state index contributed by atoms with van der Waals surface area (Å²) in [4.78, 5) is 10.3.